The number of halogens is 3. The van der Waals surface area contributed by atoms with Crippen LogP contribution in [0.25, 0.3) is 0 Å². The molecule has 3 aromatic rings. The van der Waals surface area contributed by atoms with Gasteiger partial charge in [0.05, 0.1) is 13.2 Å². The van der Waals surface area contributed by atoms with Crippen LogP contribution in [0.4, 0.5) is 13.2 Å². The Balaban J connectivity index is 1.34. The van der Waals surface area contributed by atoms with Crippen LogP contribution >= 0.6 is 11.8 Å². The molecule has 0 amide bonds. The van der Waals surface area contributed by atoms with Crippen molar-refractivity contribution in [2.24, 2.45) is 0 Å². The minimum absolute atomic E-state index is 0.0570. The van der Waals surface area contributed by atoms with E-state index in [4.69, 9.17) is 9.47 Å². The van der Waals surface area contributed by atoms with E-state index in [-0.39, 0.29) is 12.5 Å². The van der Waals surface area contributed by atoms with Gasteiger partial charge in [-0.2, -0.15) is 24.9 Å². The van der Waals surface area contributed by atoms with E-state index in [0.29, 0.717) is 24.5 Å². The number of ketones is 1. The second-order valence-electron chi connectivity index (χ2n) is 7.60. The molecule has 0 saturated heterocycles. The monoisotopic (exact) mass is 488 g/mol. The maximum atomic E-state index is 12.3. The van der Waals surface area contributed by atoms with Gasteiger partial charge in [-0.25, -0.2) is 0 Å². The Kier molecular flexibility index (Phi) is 10.0. The van der Waals surface area contributed by atoms with E-state index >= 15 is 0 Å². The van der Waals surface area contributed by atoms with Gasteiger partial charge in [-0.3, -0.25) is 4.79 Å². The minimum Gasteiger partial charge on any atom is -0.493 e. The fourth-order valence-corrected chi connectivity index (χ4v) is 3.96. The van der Waals surface area contributed by atoms with Gasteiger partial charge < -0.3 is 9.47 Å². The molecule has 0 aliphatic heterocycles. The van der Waals surface area contributed by atoms with Crippen LogP contribution in [0.5, 0.6) is 5.75 Å². The van der Waals surface area contributed by atoms with E-state index in [1.807, 2.05) is 36.4 Å². The van der Waals surface area contributed by atoms with E-state index in [2.05, 4.69) is 24.3 Å². The van der Waals surface area contributed by atoms with Crippen molar-refractivity contribution in [3.63, 3.8) is 0 Å². The van der Waals surface area contributed by atoms with E-state index < -0.39 is 18.4 Å². The van der Waals surface area contributed by atoms with Gasteiger partial charge in [0.25, 0.3) is 0 Å². The molecule has 0 radical (unpaired) electrons. The molecule has 0 spiro atoms. The van der Waals surface area contributed by atoms with E-state index in [0.717, 1.165) is 22.6 Å². The van der Waals surface area contributed by atoms with Gasteiger partial charge in [0, 0.05) is 17.9 Å². The number of carbonyl (C=O) groups is 1. The summed E-state index contributed by atoms with van der Waals surface area (Å²) in [7, 11) is 0. The number of rotatable bonds is 13. The number of carbonyl (C=O) groups excluding carboxylic acids is 1. The second kappa shape index (κ2) is 13.2. The van der Waals surface area contributed by atoms with Crippen molar-refractivity contribution in [1.82, 2.24) is 0 Å². The fraction of sp³-hybridized carbons (Fsp3) is 0.296. The number of aryl methyl sites for hydroxylation is 1. The third-order valence-corrected chi connectivity index (χ3v) is 6.00. The first-order chi connectivity index (χ1) is 16.4. The van der Waals surface area contributed by atoms with Crippen molar-refractivity contribution in [2.75, 3.05) is 24.7 Å². The molecule has 0 saturated carbocycles. The molecule has 0 heterocycles. The highest BCUT2D eigenvalue weighted by molar-refractivity contribution is 7.99. The van der Waals surface area contributed by atoms with Crippen molar-refractivity contribution in [1.29, 1.82) is 0 Å². The summed E-state index contributed by atoms with van der Waals surface area (Å²) in [6.07, 6.45) is -5.36. The van der Waals surface area contributed by atoms with Crippen LogP contribution in [-0.2, 0) is 16.0 Å². The highest BCUT2D eigenvalue weighted by atomic mass is 32.2. The summed E-state index contributed by atoms with van der Waals surface area (Å²) in [5.41, 5.74) is 2.91. The predicted octanol–water partition coefficient (Wildman–Crippen LogP) is 6.67. The summed E-state index contributed by atoms with van der Waals surface area (Å²) in [6.45, 7) is 1.11. The highest BCUT2D eigenvalue weighted by Crippen LogP contribution is 2.26. The molecule has 34 heavy (non-hydrogen) atoms. The fourth-order valence-electron chi connectivity index (χ4n) is 3.34. The number of ether oxygens (including phenoxy) is 2. The van der Waals surface area contributed by atoms with Crippen molar-refractivity contribution < 1.29 is 27.4 Å². The largest absolute Gasteiger partial charge is 0.493 e. The number of Topliss-reactive ketones (excluding diaryl/α,β-unsaturated/α-hetero) is 1. The summed E-state index contributed by atoms with van der Waals surface area (Å²) in [5, 5.41) is 0. The van der Waals surface area contributed by atoms with Crippen LogP contribution in [0, 0.1) is 0 Å². The number of benzene rings is 3. The first-order valence-corrected chi connectivity index (χ1v) is 12.2. The lowest BCUT2D eigenvalue weighted by Gasteiger charge is -2.19. The first kappa shape index (κ1) is 25.8. The van der Waals surface area contributed by atoms with Crippen LogP contribution in [0.2, 0.25) is 0 Å². The molecule has 7 heteroatoms. The summed E-state index contributed by atoms with van der Waals surface area (Å²) in [6, 6.07) is 27.1. The lowest BCUT2D eigenvalue weighted by Crippen LogP contribution is -2.22. The summed E-state index contributed by atoms with van der Waals surface area (Å²) in [4.78, 5) is 11.0. The zero-order valence-electron chi connectivity index (χ0n) is 18.7. The third-order valence-electron chi connectivity index (χ3n) is 5.09. The lowest BCUT2D eigenvalue weighted by atomic mass is 10.0. The van der Waals surface area contributed by atoms with Crippen LogP contribution in [-0.4, -0.2) is 36.7 Å². The zero-order chi connectivity index (χ0) is 24.2. The van der Waals surface area contributed by atoms with E-state index in [9.17, 15) is 18.0 Å². The standard InChI is InChI=1S/C27H27F3O3S/c28-27(29,30)25(31)16-13-21-11-14-24(15-12-21)32-17-19-34-20-18-33-26(22-7-3-1-4-8-22)23-9-5-2-6-10-23/h1-12,14-15,26H,13,16-20H2. The molecule has 3 rings (SSSR count). The first-order valence-electron chi connectivity index (χ1n) is 11.0. The molecule has 0 N–H and O–H groups in total. The minimum atomic E-state index is -4.77. The molecule has 180 valence electrons. The average Bonchev–Trinajstić information content (AvgIpc) is 2.85. The van der Waals surface area contributed by atoms with Gasteiger partial charge in [0.1, 0.15) is 11.9 Å². The van der Waals surface area contributed by atoms with Gasteiger partial charge in [-0.15, -0.1) is 0 Å². The predicted molar refractivity (Wildman–Crippen MR) is 129 cm³/mol. The van der Waals surface area contributed by atoms with Crippen molar-refractivity contribution >= 4 is 17.5 Å². The van der Waals surface area contributed by atoms with Gasteiger partial charge in [-0.05, 0) is 35.2 Å². The smallest absolute Gasteiger partial charge is 0.449 e. The van der Waals surface area contributed by atoms with Crippen LogP contribution in [0.1, 0.15) is 29.2 Å². The number of alkyl halides is 3. The van der Waals surface area contributed by atoms with Crippen molar-refractivity contribution in [3.8, 4) is 5.75 Å². The molecule has 0 fully saturated rings. The molecular formula is C27H27F3O3S. The van der Waals surface area contributed by atoms with Gasteiger partial charge in [-0.1, -0.05) is 72.8 Å². The quantitative estimate of drug-likeness (QED) is 0.252. The van der Waals surface area contributed by atoms with E-state index in [1.54, 1.807) is 36.0 Å². The molecule has 3 nitrogen and oxygen atoms in total. The van der Waals surface area contributed by atoms with Crippen LogP contribution in [0.15, 0.2) is 84.9 Å². The highest BCUT2D eigenvalue weighted by Gasteiger charge is 2.37. The number of thioether (sulfide) groups is 1. The molecule has 0 aliphatic carbocycles. The van der Waals surface area contributed by atoms with Crippen molar-refractivity contribution in [3.05, 3.63) is 102 Å². The third kappa shape index (κ3) is 8.54. The molecule has 0 aliphatic rings. The molecule has 0 unspecified atom stereocenters. The van der Waals surface area contributed by atoms with Gasteiger partial charge in [0.15, 0.2) is 0 Å². The Morgan fingerprint density at radius 1 is 0.794 bits per heavy atom. The Morgan fingerprint density at radius 2 is 1.35 bits per heavy atom. The van der Waals surface area contributed by atoms with Crippen LogP contribution in [0.3, 0.4) is 0 Å². The van der Waals surface area contributed by atoms with E-state index in [1.165, 1.54) is 0 Å². The summed E-state index contributed by atoms with van der Waals surface area (Å²) in [5.74, 6) is 0.557. The zero-order valence-corrected chi connectivity index (χ0v) is 19.5. The lowest BCUT2D eigenvalue weighted by molar-refractivity contribution is -0.171. The molecule has 0 aromatic heterocycles. The maximum Gasteiger partial charge on any atom is 0.449 e. The average molecular weight is 489 g/mol. The molecule has 3 aromatic carbocycles. The molecule has 0 atom stereocenters. The SMILES string of the molecule is O=C(CCc1ccc(OCCSCCOC(c2ccccc2)c2ccccc2)cc1)C(F)(F)F. The molecule has 0 bridgehead atoms. The maximum absolute atomic E-state index is 12.3. The summed E-state index contributed by atoms with van der Waals surface area (Å²) >= 11 is 1.73. The number of hydrogen-bond acceptors (Lipinski definition) is 4. The molecular weight excluding hydrogens is 461 g/mol. The Hall–Kier alpha value is -2.77. The normalized spacial score (nSPS) is 11.5. The van der Waals surface area contributed by atoms with Crippen molar-refractivity contribution in [2.45, 2.75) is 25.1 Å². The number of hydrogen-bond donors (Lipinski definition) is 0. The Morgan fingerprint density at radius 3 is 1.91 bits per heavy atom. The second-order valence-corrected chi connectivity index (χ2v) is 8.82. The Bertz CT molecular complexity index is 954. The summed E-state index contributed by atoms with van der Waals surface area (Å²) < 4.78 is 48.7. The van der Waals surface area contributed by atoms with Gasteiger partial charge >= 0.3 is 6.18 Å². The van der Waals surface area contributed by atoms with Crippen LogP contribution < -0.4 is 4.74 Å². The van der Waals surface area contributed by atoms with Gasteiger partial charge in [0.2, 0.25) is 5.78 Å². The Labute approximate surface area is 202 Å². The topological polar surface area (TPSA) is 35.5 Å².